The Morgan fingerprint density at radius 3 is 2.42 bits per heavy atom. The van der Waals surface area contributed by atoms with Crippen LogP contribution >= 0.6 is 0 Å². The molecule has 2 fully saturated rings. The van der Waals surface area contributed by atoms with Crippen molar-refractivity contribution in [2.45, 2.75) is 26.7 Å². The molecule has 0 unspecified atom stereocenters. The van der Waals surface area contributed by atoms with Crippen LogP contribution < -0.4 is 0 Å². The van der Waals surface area contributed by atoms with Crippen LogP contribution in [0.4, 0.5) is 0 Å². The lowest BCUT2D eigenvalue weighted by molar-refractivity contribution is 0.0927. The second kappa shape index (κ2) is 3.02. The molecule has 0 bridgehead atoms. The molecule has 4 atom stereocenters. The van der Waals surface area contributed by atoms with E-state index in [1.807, 2.05) is 0 Å². The number of rotatable bonds is 0. The molecule has 1 heterocycles. The fourth-order valence-electron chi connectivity index (χ4n) is 3.39. The fourth-order valence-corrected chi connectivity index (χ4v) is 3.39. The van der Waals surface area contributed by atoms with Crippen molar-refractivity contribution >= 4 is 0 Å². The molecule has 0 amide bonds. The molecule has 0 N–H and O–H groups in total. The van der Waals surface area contributed by atoms with E-state index in [4.69, 9.17) is 0 Å². The molecule has 2 rings (SSSR count). The van der Waals surface area contributed by atoms with Crippen molar-refractivity contribution in [2.24, 2.45) is 23.7 Å². The summed E-state index contributed by atoms with van der Waals surface area (Å²) in [6.45, 7) is 7.56. The maximum atomic E-state index is 2.52. The fraction of sp³-hybridized carbons (Fsp3) is 1.00. The highest BCUT2D eigenvalue weighted by Crippen LogP contribution is 2.43. The quantitative estimate of drug-likeness (QED) is 0.535. The van der Waals surface area contributed by atoms with Crippen LogP contribution in [0.5, 0.6) is 0 Å². The van der Waals surface area contributed by atoms with Gasteiger partial charge in [0.1, 0.15) is 0 Å². The Bertz CT molecular complexity index is 166. The molecule has 1 nitrogen and oxygen atoms in total. The number of likely N-dealkylation sites (tertiary alicyclic amines) is 1. The summed E-state index contributed by atoms with van der Waals surface area (Å²) in [5.74, 6) is 3.99. The minimum absolute atomic E-state index is 0.943. The van der Waals surface area contributed by atoms with E-state index in [9.17, 15) is 0 Å². The number of fused-ring (bicyclic) bond motifs is 1. The number of piperidine rings is 1. The first kappa shape index (κ1) is 8.55. The largest absolute Gasteiger partial charge is 0.306 e. The highest BCUT2D eigenvalue weighted by Gasteiger charge is 2.40. The summed E-state index contributed by atoms with van der Waals surface area (Å²) >= 11 is 0. The van der Waals surface area contributed by atoms with Gasteiger partial charge in [-0.25, -0.2) is 0 Å². The second-order valence-electron chi connectivity index (χ2n) is 5.08. The first-order chi connectivity index (χ1) is 5.68. The van der Waals surface area contributed by atoms with Crippen molar-refractivity contribution in [1.29, 1.82) is 0 Å². The molecule has 0 spiro atoms. The normalized spacial score (nSPS) is 49.2. The third-order valence-electron chi connectivity index (χ3n) is 4.09. The standard InChI is InChI=1S/C11H21N/c1-8-4-5-10-9(2)6-12(3)7-11(8)10/h8-11H,4-7H2,1-3H3/t8-,9-,10+,11+/m1/s1. The van der Waals surface area contributed by atoms with E-state index < -0.39 is 0 Å². The van der Waals surface area contributed by atoms with Crippen LogP contribution in [0.25, 0.3) is 0 Å². The van der Waals surface area contributed by atoms with Crippen LogP contribution in [0.15, 0.2) is 0 Å². The predicted octanol–water partition coefficient (Wildman–Crippen LogP) is 2.23. The number of nitrogens with zero attached hydrogens (tertiary/aromatic N) is 1. The molecule has 2 aliphatic rings. The van der Waals surface area contributed by atoms with Gasteiger partial charge in [0, 0.05) is 13.1 Å². The monoisotopic (exact) mass is 167 g/mol. The Labute approximate surface area is 76.1 Å². The Balaban J connectivity index is 2.08. The lowest BCUT2D eigenvalue weighted by Crippen LogP contribution is -2.42. The summed E-state index contributed by atoms with van der Waals surface area (Å²) in [4.78, 5) is 2.52. The lowest BCUT2D eigenvalue weighted by Gasteiger charge is -2.39. The van der Waals surface area contributed by atoms with Gasteiger partial charge >= 0.3 is 0 Å². The molecule has 70 valence electrons. The average Bonchev–Trinajstić information content (AvgIpc) is 2.33. The van der Waals surface area contributed by atoms with Gasteiger partial charge < -0.3 is 4.90 Å². The Hall–Kier alpha value is -0.0400. The Morgan fingerprint density at radius 2 is 1.67 bits per heavy atom. The molecule has 0 radical (unpaired) electrons. The van der Waals surface area contributed by atoms with Crippen molar-refractivity contribution in [1.82, 2.24) is 4.90 Å². The first-order valence-corrected chi connectivity index (χ1v) is 5.37. The van der Waals surface area contributed by atoms with Gasteiger partial charge in [-0.15, -0.1) is 0 Å². The second-order valence-corrected chi connectivity index (χ2v) is 5.08. The zero-order valence-electron chi connectivity index (χ0n) is 8.59. The van der Waals surface area contributed by atoms with Gasteiger partial charge in [-0.3, -0.25) is 0 Å². The van der Waals surface area contributed by atoms with Gasteiger partial charge in [0.2, 0.25) is 0 Å². The maximum absolute atomic E-state index is 2.52. The van der Waals surface area contributed by atoms with E-state index in [0.717, 1.165) is 23.7 Å². The van der Waals surface area contributed by atoms with Crippen LogP contribution in [-0.2, 0) is 0 Å². The van der Waals surface area contributed by atoms with Crippen molar-refractivity contribution < 1.29 is 0 Å². The summed E-state index contributed by atoms with van der Waals surface area (Å²) in [6, 6.07) is 0. The summed E-state index contributed by atoms with van der Waals surface area (Å²) < 4.78 is 0. The molecule has 0 aromatic heterocycles. The van der Waals surface area contributed by atoms with E-state index in [1.165, 1.54) is 25.9 Å². The first-order valence-electron chi connectivity index (χ1n) is 5.37. The maximum Gasteiger partial charge on any atom is 0.00120 e. The molecule has 0 aromatic carbocycles. The van der Waals surface area contributed by atoms with Crippen LogP contribution in [0.1, 0.15) is 26.7 Å². The topological polar surface area (TPSA) is 3.24 Å². The van der Waals surface area contributed by atoms with Gasteiger partial charge in [-0.2, -0.15) is 0 Å². The molecule has 1 aliphatic carbocycles. The third kappa shape index (κ3) is 1.28. The van der Waals surface area contributed by atoms with Crippen molar-refractivity contribution in [3.63, 3.8) is 0 Å². The van der Waals surface area contributed by atoms with E-state index in [0.29, 0.717) is 0 Å². The molecular weight excluding hydrogens is 146 g/mol. The summed E-state index contributed by atoms with van der Waals surface area (Å²) in [5, 5.41) is 0. The van der Waals surface area contributed by atoms with Gasteiger partial charge in [-0.1, -0.05) is 20.3 Å². The van der Waals surface area contributed by atoms with E-state index in [-0.39, 0.29) is 0 Å². The molecule has 12 heavy (non-hydrogen) atoms. The van der Waals surface area contributed by atoms with Crippen molar-refractivity contribution in [2.75, 3.05) is 20.1 Å². The zero-order chi connectivity index (χ0) is 8.72. The molecule has 0 aromatic rings. The molecule has 1 heteroatoms. The summed E-state index contributed by atoms with van der Waals surface area (Å²) in [6.07, 6.45) is 2.98. The molecule has 1 aliphatic heterocycles. The van der Waals surface area contributed by atoms with E-state index in [2.05, 4.69) is 25.8 Å². The molecule has 1 saturated carbocycles. The average molecular weight is 167 g/mol. The summed E-state index contributed by atoms with van der Waals surface area (Å²) in [5.41, 5.74) is 0. The van der Waals surface area contributed by atoms with Crippen molar-refractivity contribution in [3.8, 4) is 0 Å². The number of hydrogen-bond acceptors (Lipinski definition) is 1. The van der Waals surface area contributed by atoms with E-state index in [1.54, 1.807) is 0 Å². The number of hydrogen-bond donors (Lipinski definition) is 0. The SMILES string of the molecule is C[C@@H]1CC[C@@H]2[C@H]1CN(C)C[C@H]2C. The third-order valence-corrected chi connectivity index (χ3v) is 4.09. The van der Waals surface area contributed by atoms with Gasteiger partial charge in [0.25, 0.3) is 0 Å². The van der Waals surface area contributed by atoms with E-state index >= 15 is 0 Å². The van der Waals surface area contributed by atoms with Crippen LogP contribution in [-0.4, -0.2) is 25.0 Å². The minimum atomic E-state index is 0.943. The van der Waals surface area contributed by atoms with Gasteiger partial charge in [0.05, 0.1) is 0 Å². The Morgan fingerprint density at radius 1 is 0.917 bits per heavy atom. The molecular formula is C11H21N. The zero-order valence-corrected chi connectivity index (χ0v) is 8.59. The van der Waals surface area contributed by atoms with Gasteiger partial charge in [0.15, 0.2) is 0 Å². The lowest BCUT2D eigenvalue weighted by atomic mass is 9.79. The smallest absolute Gasteiger partial charge is 0.00120 e. The van der Waals surface area contributed by atoms with Crippen LogP contribution in [0, 0.1) is 23.7 Å². The highest BCUT2D eigenvalue weighted by atomic mass is 15.1. The van der Waals surface area contributed by atoms with Crippen LogP contribution in [0.2, 0.25) is 0 Å². The Kier molecular flexibility index (Phi) is 2.16. The predicted molar refractivity (Wildman–Crippen MR) is 52.0 cm³/mol. The van der Waals surface area contributed by atoms with Crippen molar-refractivity contribution in [3.05, 3.63) is 0 Å². The highest BCUT2D eigenvalue weighted by molar-refractivity contribution is 4.91. The molecule has 1 saturated heterocycles. The van der Waals surface area contributed by atoms with Gasteiger partial charge in [-0.05, 0) is 37.1 Å². The van der Waals surface area contributed by atoms with Crippen LogP contribution in [0.3, 0.4) is 0 Å². The summed E-state index contributed by atoms with van der Waals surface area (Å²) in [7, 11) is 2.28. The minimum Gasteiger partial charge on any atom is -0.306 e.